The Bertz CT molecular complexity index is 1220. The molecule has 0 saturated heterocycles. The Morgan fingerprint density at radius 3 is 2.61 bits per heavy atom. The molecule has 0 fully saturated rings. The van der Waals surface area contributed by atoms with Crippen molar-refractivity contribution < 1.29 is 4.79 Å². The summed E-state index contributed by atoms with van der Waals surface area (Å²) in [6.45, 7) is 4.12. The highest BCUT2D eigenvalue weighted by atomic mass is 16.2. The summed E-state index contributed by atoms with van der Waals surface area (Å²) >= 11 is 0. The summed E-state index contributed by atoms with van der Waals surface area (Å²) in [4.78, 5) is 26.5. The maximum absolute atomic E-state index is 13.3. The van der Waals surface area contributed by atoms with Crippen molar-refractivity contribution >= 4 is 17.5 Å². The molecule has 31 heavy (non-hydrogen) atoms. The van der Waals surface area contributed by atoms with Gasteiger partial charge in [0.1, 0.15) is 12.0 Å². The zero-order chi connectivity index (χ0) is 21.2. The molecule has 4 heterocycles. The van der Waals surface area contributed by atoms with E-state index in [-0.39, 0.29) is 5.91 Å². The third-order valence-corrected chi connectivity index (χ3v) is 5.09. The number of hydrogen-bond donors (Lipinski definition) is 2. The van der Waals surface area contributed by atoms with Gasteiger partial charge < -0.3 is 10.6 Å². The van der Waals surface area contributed by atoms with E-state index >= 15 is 0 Å². The number of amides is 1. The minimum atomic E-state index is -0.659. The molecule has 2 unspecified atom stereocenters. The zero-order valence-corrected chi connectivity index (χ0v) is 16.5. The summed E-state index contributed by atoms with van der Waals surface area (Å²) in [5.74, 6) is 0.187. The van der Waals surface area contributed by atoms with Crippen molar-refractivity contribution in [3.05, 3.63) is 97.2 Å². The Balaban J connectivity index is 1.58. The predicted octanol–water partition coefficient (Wildman–Crippen LogP) is 3.52. The Morgan fingerprint density at radius 2 is 1.87 bits per heavy atom. The maximum Gasteiger partial charge on any atom is 0.236 e. The lowest BCUT2D eigenvalue weighted by Gasteiger charge is -2.33. The highest BCUT2D eigenvalue weighted by Crippen LogP contribution is 2.38. The van der Waals surface area contributed by atoms with Crippen LogP contribution in [0.15, 0.2) is 91.5 Å². The number of anilines is 2. The van der Waals surface area contributed by atoms with Gasteiger partial charge in [-0.3, -0.25) is 14.8 Å². The lowest BCUT2D eigenvalue weighted by molar-refractivity contribution is -0.119. The number of nitrogens with one attached hydrogen (secondary N) is 2. The first kappa shape index (κ1) is 18.7. The third-order valence-electron chi connectivity index (χ3n) is 5.09. The smallest absolute Gasteiger partial charge is 0.236 e. The average Bonchev–Trinajstić information content (AvgIpc) is 3.23. The first-order chi connectivity index (χ1) is 15.2. The van der Waals surface area contributed by atoms with Crippen molar-refractivity contribution in [2.45, 2.75) is 6.04 Å². The second-order valence-electron chi connectivity index (χ2n) is 7.13. The van der Waals surface area contributed by atoms with E-state index in [9.17, 15) is 4.79 Å². The molecule has 4 aromatic rings. The normalized spacial score (nSPS) is 17.5. The lowest BCUT2D eigenvalue weighted by atomic mass is 9.91. The Hall–Kier alpha value is -4.33. The standard InChI is InChI=1S/C23H19N7O/c1-15-19(22(31)27-17-10-7-12-24-14-17)20(18-11-5-6-13-25-18)30-23(26-15)28-21(29-30)16-8-3-2-4-9-16/h2-14,19-20H,1H2,(H,27,31)(H,26,28,29). The lowest BCUT2D eigenvalue weighted by Crippen LogP contribution is -2.40. The van der Waals surface area contributed by atoms with Gasteiger partial charge in [-0.2, -0.15) is 4.98 Å². The van der Waals surface area contributed by atoms with Crippen molar-refractivity contribution in [2.24, 2.45) is 5.92 Å². The summed E-state index contributed by atoms with van der Waals surface area (Å²) in [7, 11) is 0. The van der Waals surface area contributed by atoms with Gasteiger partial charge in [-0.15, -0.1) is 5.10 Å². The van der Waals surface area contributed by atoms with Crippen molar-refractivity contribution in [2.75, 3.05) is 10.6 Å². The molecule has 8 nitrogen and oxygen atoms in total. The molecule has 1 amide bonds. The van der Waals surface area contributed by atoms with E-state index in [0.29, 0.717) is 28.9 Å². The van der Waals surface area contributed by atoms with E-state index in [1.54, 1.807) is 35.4 Å². The van der Waals surface area contributed by atoms with Gasteiger partial charge in [-0.1, -0.05) is 43.0 Å². The van der Waals surface area contributed by atoms with Crippen LogP contribution in [0.4, 0.5) is 11.6 Å². The summed E-state index contributed by atoms with van der Waals surface area (Å²) in [5, 5.41) is 10.8. The number of carbonyl (C=O) groups is 1. The molecule has 0 bridgehead atoms. The summed E-state index contributed by atoms with van der Waals surface area (Å²) < 4.78 is 1.72. The van der Waals surface area contributed by atoms with Crippen LogP contribution in [0.25, 0.3) is 11.4 Å². The fourth-order valence-corrected chi connectivity index (χ4v) is 3.67. The molecule has 5 rings (SSSR count). The molecule has 1 aliphatic heterocycles. The van der Waals surface area contributed by atoms with Gasteiger partial charge in [0, 0.05) is 23.7 Å². The van der Waals surface area contributed by atoms with Gasteiger partial charge in [0.2, 0.25) is 11.9 Å². The summed E-state index contributed by atoms with van der Waals surface area (Å²) in [6.07, 6.45) is 4.95. The average molecular weight is 409 g/mol. The molecule has 0 aliphatic carbocycles. The molecular formula is C23H19N7O. The number of hydrogen-bond acceptors (Lipinski definition) is 6. The van der Waals surface area contributed by atoms with E-state index in [0.717, 1.165) is 5.56 Å². The number of benzene rings is 1. The Labute approximate surface area is 178 Å². The number of carbonyl (C=O) groups excluding carboxylic acids is 1. The molecule has 2 atom stereocenters. The van der Waals surface area contributed by atoms with Crippen molar-refractivity contribution in [1.82, 2.24) is 24.7 Å². The zero-order valence-electron chi connectivity index (χ0n) is 16.5. The van der Waals surface area contributed by atoms with Gasteiger partial charge in [0.15, 0.2) is 5.82 Å². The summed E-state index contributed by atoms with van der Waals surface area (Å²) in [6, 6.07) is 18.3. The van der Waals surface area contributed by atoms with E-state index < -0.39 is 12.0 Å². The summed E-state index contributed by atoms with van der Waals surface area (Å²) in [5.41, 5.74) is 2.71. The molecule has 1 aliphatic rings. The first-order valence-corrected chi connectivity index (χ1v) is 9.80. The molecule has 3 aromatic heterocycles. The van der Waals surface area contributed by atoms with Gasteiger partial charge in [-0.25, -0.2) is 4.68 Å². The number of rotatable bonds is 4. The molecule has 1 aromatic carbocycles. The third kappa shape index (κ3) is 3.55. The van der Waals surface area contributed by atoms with Crippen LogP contribution in [0.5, 0.6) is 0 Å². The van der Waals surface area contributed by atoms with Crippen LogP contribution in [0.2, 0.25) is 0 Å². The number of nitrogens with zero attached hydrogens (tertiary/aromatic N) is 5. The van der Waals surface area contributed by atoms with E-state index in [1.807, 2.05) is 48.5 Å². The van der Waals surface area contributed by atoms with Crippen LogP contribution in [0, 0.1) is 5.92 Å². The highest BCUT2D eigenvalue weighted by Gasteiger charge is 2.41. The van der Waals surface area contributed by atoms with Crippen LogP contribution < -0.4 is 10.6 Å². The highest BCUT2D eigenvalue weighted by molar-refractivity contribution is 5.95. The Morgan fingerprint density at radius 1 is 1.03 bits per heavy atom. The topological polar surface area (TPSA) is 97.6 Å². The van der Waals surface area contributed by atoms with Gasteiger partial charge in [0.05, 0.1) is 17.6 Å². The van der Waals surface area contributed by atoms with E-state index in [4.69, 9.17) is 5.10 Å². The largest absolute Gasteiger partial charge is 0.328 e. The van der Waals surface area contributed by atoms with Crippen LogP contribution in [0.1, 0.15) is 11.7 Å². The van der Waals surface area contributed by atoms with Gasteiger partial charge >= 0.3 is 0 Å². The van der Waals surface area contributed by atoms with Gasteiger partial charge in [-0.05, 0) is 24.3 Å². The van der Waals surface area contributed by atoms with Crippen molar-refractivity contribution in [3.8, 4) is 11.4 Å². The fraction of sp³-hybridized carbons (Fsp3) is 0.0870. The molecule has 152 valence electrons. The van der Waals surface area contributed by atoms with Crippen molar-refractivity contribution in [1.29, 1.82) is 0 Å². The quantitative estimate of drug-likeness (QED) is 0.535. The fourth-order valence-electron chi connectivity index (χ4n) is 3.67. The second-order valence-corrected chi connectivity index (χ2v) is 7.13. The number of fused-ring (bicyclic) bond motifs is 1. The SMILES string of the molecule is C=C1Nc2nc(-c3ccccc3)nn2C(c2ccccn2)C1C(=O)Nc1cccnc1. The maximum atomic E-state index is 13.3. The monoisotopic (exact) mass is 409 g/mol. The van der Waals surface area contributed by atoms with Crippen LogP contribution in [-0.2, 0) is 4.79 Å². The number of pyridine rings is 2. The molecule has 8 heteroatoms. The van der Waals surface area contributed by atoms with Crippen molar-refractivity contribution in [3.63, 3.8) is 0 Å². The molecule has 2 N–H and O–H groups in total. The first-order valence-electron chi connectivity index (χ1n) is 9.80. The predicted molar refractivity (Wildman–Crippen MR) is 117 cm³/mol. The minimum Gasteiger partial charge on any atom is -0.328 e. The second kappa shape index (κ2) is 7.83. The number of aromatic nitrogens is 5. The van der Waals surface area contributed by atoms with Crippen LogP contribution in [-0.4, -0.2) is 30.6 Å². The molecular weight excluding hydrogens is 390 g/mol. The van der Waals surface area contributed by atoms with E-state index in [2.05, 4.69) is 32.2 Å². The van der Waals surface area contributed by atoms with E-state index in [1.165, 1.54) is 0 Å². The molecule has 0 radical (unpaired) electrons. The molecule has 0 saturated carbocycles. The molecule has 0 spiro atoms. The minimum absolute atomic E-state index is 0.233. The van der Waals surface area contributed by atoms with Gasteiger partial charge in [0.25, 0.3) is 0 Å². The Kier molecular flexibility index (Phi) is 4.72. The van der Waals surface area contributed by atoms with Crippen LogP contribution >= 0.6 is 0 Å². The van der Waals surface area contributed by atoms with Crippen LogP contribution in [0.3, 0.4) is 0 Å².